The van der Waals surface area contributed by atoms with Crippen molar-refractivity contribution in [3.63, 3.8) is 0 Å². The minimum atomic E-state index is -0.574. The van der Waals surface area contributed by atoms with E-state index >= 15 is 0 Å². The number of rotatable bonds is 2. The second-order valence-corrected chi connectivity index (χ2v) is 6.49. The van der Waals surface area contributed by atoms with Crippen LogP contribution in [-0.2, 0) is 6.42 Å². The lowest BCUT2D eigenvalue weighted by molar-refractivity contribution is 0.572. The summed E-state index contributed by atoms with van der Waals surface area (Å²) in [4.78, 5) is 1.36. The number of anilines is 1. The first-order valence-corrected chi connectivity index (χ1v) is 7.80. The quantitative estimate of drug-likeness (QED) is 0.782. The lowest BCUT2D eigenvalue weighted by Gasteiger charge is -2.25. The van der Waals surface area contributed by atoms with Crippen LogP contribution in [0.25, 0.3) is 0 Å². The van der Waals surface area contributed by atoms with Crippen molar-refractivity contribution in [1.82, 2.24) is 0 Å². The van der Waals surface area contributed by atoms with Crippen molar-refractivity contribution in [2.75, 3.05) is 5.32 Å². The first kappa shape index (κ1) is 13.1. The Labute approximate surface area is 122 Å². The van der Waals surface area contributed by atoms with E-state index in [0.717, 1.165) is 25.3 Å². The zero-order valence-corrected chi connectivity index (χ0v) is 12.5. The first-order valence-electron chi connectivity index (χ1n) is 6.12. The van der Waals surface area contributed by atoms with Gasteiger partial charge in [0.05, 0.1) is 11.7 Å². The molecule has 0 saturated heterocycles. The van der Waals surface area contributed by atoms with E-state index < -0.39 is 11.6 Å². The third-order valence-electron chi connectivity index (χ3n) is 3.38. The third-order valence-corrected chi connectivity index (χ3v) is 5.00. The van der Waals surface area contributed by atoms with Crippen molar-refractivity contribution in [2.24, 2.45) is 0 Å². The highest BCUT2D eigenvalue weighted by atomic mass is 79.9. The Morgan fingerprint density at radius 2 is 2.16 bits per heavy atom. The Morgan fingerprint density at radius 3 is 2.95 bits per heavy atom. The fourth-order valence-electron chi connectivity index (χ4n) is 2.49. The number of benzene rings is 1. The van der Waals surface area contributed by atoms with Crippen molar-refractivity contribution in [3.8, 4) is 0 Å². The maximum atomic E-state index is 13.8. The van der Waals surface area contributed by atoms with Crippen LogP contribution in [-0.4, -0.2) is 0 Å². The van der Waals surface area contributed by atoms with Gasteiger partial charge in [-0.15, -0.1) is 11.3 Å². The molecule has 0 bridgehead atoms. The summed E-state index contributed by atoms with van der Waals surface area (Å²) in [5, 5.41) is 5.28. The van der Waals surface area contributed by atoms with Crippen LogP contribution in [0, 0.1) is 11.6 Å². The molecule has 0 saturated carbocycles. The molecule has 19 heavy (non-hydrogen) atoms. The van der Waals surface area contributed by atoms with Gasteiger partial charge in [0.25, 0.3) is 0 Å². The molecule has 1 aromatic carbocycles. The second-order valence-electron chi connectivity index (χ2n) is 4.63. The van der Waals surface area contributed by atoms with Gasteiger partial charge in [0.2, 0.25) is 0 Å². The molecule has 0 aliphatic heterocycles. The molecule has 1 aliphatic carbocycles. The van der Waals surface area contributed by atoms with E-state index in [4.69, 9.17) is 0 Å². The van der Waals surface area contributed by atoms with Gasteiger partial charge in [-0.25, -0.2) is 8.78 Å². The molecule has 5 heteroatoms. The number of fused-ring (bicyclic) bond motifs is 1. The number of hydrogen-bond acceptors (Lipinski definition) is 2. The third kappa shape index (κ3) is 2.54. The van der Waals surface area contributed by atoms with Crippen LogP contribution in [0.2, 0.25) is 0 Å². The second kappa shape index (κ2) is 5.21. The maximum Gasteiger partial charge on any atom is 0.150 e. The summed E-state index contributed by atoms with van der Waals surface area (Å²) < 4.78 is 27.3. The molecule has 2 aromatic rings. The molecular formula is C14H12BrF2NS. The Balaban J connectivity index is 1.92. The molecule has 0 amide bonds. The lowest BCUT2D eigenvalue weighted by Crippen LogP contribution is -2.16. The number of halogens is 3. The fourth-order valence-corrected chi connectivity index (χ4v) is 4.00. The van der Waals surface area contributed by atoms with Gasteiger partial charge in [0.1, 0.15) is 11.6 Å². The molecule has 0 radical (unpaired) electrons. The lowest BCUT2D eigenvalue weighted by atomic mass is 9.94. The van der Waals surface area contributed by atoms with Gasteiger partial charge in [-0.3, -0.25) is 0 Å². The summed E-state index contributed by atoms with van der Waals surface area (Å²) in [7, 11) is 0. The average molecular weight is 344 g/mol. The van der Waals surface area contributed by atoms with Gasteiger partial charge >= 0.3 is 0 Å². The fraction of sp³-hybridized carbons (Fsp3) is 0.286. The van der Waals surface area contributed by atoms with Gasteiger partial charge in [0.15, 0.2) is 0 Å². The molecule has 0 fully saturated rings. The molecule has 100 valence electrons. The van der Waals surface area contributed by atoms with E-state index in [1.807, 2.05) is 0 Å². The molecule has 3 rings (SSSR count). The first-order chi connectivity index (χ1) is 9.15. The normalized spacial score (nSPS) is 18.2. The van der Waals surface area contributed by atoms with Crippen LogP contribution in [0.15, 0.2) is 28.1 Å². The highest BCUT2D eigenvalue weighted by molar-refractivity contribution is 9.10. The van der Waals surface area contributed by atoms with E-state index in [1.54, 1.807) is 11.3 Å². The molecule has 1 unspecified atom stereocenters. The van der Waals surface area contributed by atoms with Crippen molar-refractivity contribution in [3.05, 3.63) is 50.1 Å². The monoisotopic (exact) mass is 343 g/mol. The highest BCUT2D eigenvalue weighted by Crippen LogP contribution is 2.38. The topological polar surface area (TPSA) is 12.0 Å². The largest absolute Gasteiger partial charge is 0.375 e. The molecule has 1 heterocycles. The summed E-state index contributed by atoms with van der Waals surface area (Å²) in [5.41, 5.74) is 1.58. The van der Waals surface area contributed by atoms with Crippen molar-refractivity contribution in [1.29, 1.82) is 0 Å². The molecule has 1 nitrogen and oxygen atoms in total. The van der Waals surface area contributed by atoms with Crippen molar-refractivity contribution in [2.45, 2.75) is 25.3 Å². The summed E-state index contributed by atoms with van der Waals surface area (Å²) >= 11 is 4.96. The van der Waals surface area contributed by atoms with Gasteiger partial charge in [-0.2, -0.15) is 0 Å². The van der Waals surface area contributed by atoms with Crippen LogP contribution in [0.1, 0.15) is 29.3 Å². The van der Waals surface area contributed by atoms with Crippen LogP contribution in [0.5, 0.6) is 0 Å². The van der Waals surface area contributed by atoms with Crippen molar-refractivity contribution < 1.29 is 8.78 Å². The van der Waals surface area contributed by atoms with Gasteiger partial charge in [-0.1, -0.05) is 0 Å². The van der Waals surface area contributed by atoms with Gasteiger partial charge < -0.3 is 5.32 Å². The molecule has 0 spiro atoms. The molecule has 1 aliphatic rings. The molecule has 1 N–H and O–H groups in total. The van der Waals surface area contributed by atoms with E-state index in [2.05, 4.69) is 32.7 Å². The van der Waals surface area contributed by atoms with Gasteiger partial charge in [0, 0.05) is 15.4 Å². The highest BCUT2D eigenvalue weighted by Gasteiger charge is 2.23. The SMILES string of the molecule is Fc1cc(F)c(NC2CCCc3sccc32)c(Br)c1. The van der Waals surface area contributed by atoms with E-state index in [9.17, 15) is 8.78 Å². The van der Waals surface area contributed by atoms with Crippen molar-refractivity contribution >= 4 is 33.0 Å². The van der Waals surface area contributed by atoms with Crippen LogP contribution in [0.3, 0.4) is 0 Å². The zero-order chi connectivity index (χ0) is 13.4. The summed E-state index contributed by atoms with van der Waals surface area (Å²) in [6, 6.07) is 4.38. The molecular weight excluding hydrogens is 332 g/mol. The predicted molar refractivity (Wildman–Crippen MR) is 77.7 cm³/mol. The Kier molecular flexibility index (Phi) is 3.58. The zero-order valence-electron chi connectivity index (χ0n) is 10.1. The standard InChI is InChI=1S/C14H12BrF2NS/c15-10-6-8(16)7-11(17)14(10)18-12-2-1-3-13-9(12)4-5-19-13/h4-7,12,18H,1-3H2. The van der Waals surface area contributed by atoms with Crippen LogP contribution >= 0.6 is 27.3 Å². The molecule has 1 atom stereocenters. The smallest absolute Gasteiger partial charge is 0.150 e. The number of thiophene rings is 1. The molecule has 1 aromatic heterocycles. The summed E-state index contributed by atoms with van der Waals surface area (Å²) in [6.07, 6.45) is 3.15. The predicted octanol–water partition coefficient (Wildman–Crippen LogP) is 5.28. The average Bonchev–Trinajstić information content (AvgIpc) is 2.82. The Morgan fingerprint density at radius 1 is 1.32 bits per heavy atom. The number of hydrogen-bond donors (Lipinski definition) is 1. The van der Waals surface area contributed by atoms with E-state index in [-0.39, 0.29) is 6.04 Å². The van der Waals surface area contributed by atoms with Crippen LogP contribution in [0.4, 0.5) is 14.5 Å². The number of nitrogens with one attached hydrogen (secondary N) is 1. The minimum absolute atomic E-state index is 0.103. The number of aryl methyl sites for hydroxylation is 1. The van der Waals surface area contributed by atoms with E-state index in [1.165, 1.54) is 16.5 Å². The van der Waals surface area contributed by atoms with Crippen LogP contribution < -0.4 is 5.32 Å². The van der Waals surface area contributed by atoms with Gasteiger partial charge in [-0.05, 0) is 58.3 Å². The Bertz CT molecular complexity index is 588. The summed E-state index contributed by atoms with van der Waals surface area (Å²) in [5.74, 6) is -1.14. The summed E-state index contributed by atoms with van der Waals surface area (Å²) in [6.45, 7) is 0. The maximum absolute atomic E-state index is 13.8. The Hall–Kier alpha value is -0.940. The van der Waals surface area contributed by atoms with E-state index in [0.29, 0.717) is 10.2 Å². The minimum Gasteiger partial charge on any atom is -0.375 e.